The van der Waals surface area contributed by atoms with E-state index < -0.39 is 39.8 Å². The Balaban J connectivity index is 2.30. The topological polar surface area (TPSA) is 83.7 Å². The highest BCUT2D eigenvalue weighted by Gasteiger charge is 2.33. The quantitative estimate of drug-likeness (QED) is 0.680. The molecule has 1 aromatic rings. The molecule has 1 N–H and O–H groups in total. The molecule has 1 amide bonds. The molecule has 0 aromatic heterocycles. The Kier molecular flexibility index (Phi) is 4.17. The van der Waals surface area contributed by atoms with E-state index in [1.165, 1.54) is 4.90 Å². The van der Waals surface area contributed by atoms with Crippen molar-refractivity contribution >= 4 is 11.6 Å². The summed E-state index contributed by atoms with van der Waals surface area (Å²) in [7, 11) is 0. The molecule has 2 rings (SSSR count). The van der Waals surface area contributed by atoms with Gasteiger partial charge in [-0.3, -0.25) is 14.9 Å². The standard InChI is InChI=1S/C13H14F2N2O4/c1-7(18)8-2-3-16(6-8)13(19)10-4-9(14)5-11(12(10)15)17(20)21/h4-5,7-8,18H,2-3,6H2,1H3. The van der Waals surface area contributed by atoms with E-state index in [0.29, 0.717) is 18.6 Å². The molecule has 0 radical (unpaired) electrons. The molecule has 6 nitrogen and oxygen atoms in total. The minimum atomic E-state index is -1.34. The van der Waals surface area contributed by atoms with Crippen molar-refractivity contribution in [2.24, 2.45) is 5.92 Å². The van der Waals surface area contributed by atoms with Gasteiger partial charge in [0, 0.05) is 19.0 Å². The van der Waals surface area contributed by atoms with Crippen LogP contribution in [-0.2, 0) is 0 Å². The highest BCUT2D eigenvalue weighted by molar-refractivity contribution is 5.95. The van der Waals surface area contributed by atoms with Gasteiger partial charge in [-0.05, 0) is 19.4 Å². The first-order chi connectivity index (χ1) is 9.81. The maximum atomic E-state index is 14.0. The second-order valence-electron chi connectivity index (χ2n) is 5.08. The van der Waals surface area contributed by atoms with Crippen LogP contribution >= 0.6 is 0 Å². The van der Waals surface area contributed by atoms with Crippen molar-refractivity contribution in [3.8, 4) is 0 Å². The van der Waals surface area contributed by atoms with Gasteiger partial charge in [0.1, 0.15) is 5.82 Å². The van der Waals surface area contributed by atoms with Crippen LogP contribution in [0.4, 0.5) is 14.5 Å². The van der Waals surface area contributed by atoms with Crippen LogP contribution in [0.5, 0.6) is 0 Å². The van der Waals surface area contributed by atoms with E-state index in [0.717, 1.165) is 0 Å². The van der Waals surface area contributed by atoms with Crippen LogP contribution in [0.3, 0.4) is 0 Å². The first-order valence-corrected chi connectivity index (χ1v) is 6.42. The van der Waals surface area contributed by atoms with Gasteiger partial charge in [-0.1, -0.05) is 0 Å². The summed E-state index contributed by atoms with van der Waals surface area (Å²) in [5.41, 5.74) is -1.72. The summed E-state index contributed by atoms with van der Waals surface area (Å²) >= 11 is 0. The number of nitro benzene ring substituents is 1. The van der Waals surface area contributed by atoms with Gasteiger partial charge in [0.25, 0.3) is 5.91 Å². The number of halogens is 2. The molecule has 0 spiro atoms. The van der Waals surface area contributed by atoms with Gasteiger partial charge in [0.2, 0.25) is 5.82 Å². The van der Waals surface area contributed by atoms with E-state index in [9.17, 15) is 28.8 Å². The number of rotatable bonds is 3. The number of carbonyl (C=O) groups excluding carboxylic acids is 1. The normalized spacial score (nSPS) is 19.6. The van der Waals surface area contributed by atoms with Crippen LogP contribution < -0.4 is 0 Å². The third-order valence-electron chi connectivity index (χ3n) is 3.64. The number of aliphatic hydroxyl groups excluding tert-OH is 1. The summed E-state index contributed by atoms with van der Waals surface area (Å²) < 4.78 is 27.3. The fourth-order valence-electron chi connectivity index (χ4n) is 2.40. The lowest BCUT2D eigenvalue weighted by Gasteiger charge is -2.18. The Labute approximate surface area is 119 Å². The first-order valence-electron chi connectivity index (χ1n) is 6.42. The third-order valence-corrected chi connectivity index (χ3v) is 3.64. The number of benzene rings is 1. The largest absolute Gasteiger partial charge is 0.393 e. The smallest absolute Gasteiger partial charge is 0.308 e. The summed E-state index contributed by atoms with van der Waals surface area (Å²) in [4.78, 5) is 23.0. The molecular formula is C13H14F2N2O4. The maximum Gasteiger partial charge on any atom is 0.308 e. The number of amides is 1. The molecule has 8 heteroatoms. The summed E-state index contributed by atoms with van der Waals surface area (Å²) in [5.74, 6) is -3.33. The van der Waals surface area contributed by atoms with Crippen molar-refractivity contribution in [1.82, 2.24) is 4.90 Å². The van der Waals surface area contributed by atoms with Crippen molar-refractivity contribution in [2.75, 3.05) is 13.1 Å². The van der Waals surface area contributed by atoms with Gasteiger partial charge >= 0.3 is 5.69 Å². The molecule has 2 atom stereocenters. The summed E-state index contributed by atoms with van der Waals surface area (Å²) in [6, 6.07) is 1.09. The van der Waals surface area contributed by atoms with Crippen LogP contribution in [-0.4, -0.2) is 40.0 Å². The lowest BCUT2D eigenvalue weighted by Crippen LogP contribution is -2.31. The summed E-state index contributed by atoms with van der Waals surface area (Å²) in [6.45, 7) is 2.09. The maximum absolute atomic E-state index is 14.0. The van der Waals surface area contributed by atoms with Gasteiger partial charge < -0.3 is 10.0 Å². The highest BCUT2D eigenvalue weighted by atomic mass is 19.1. The monoisotopic (exact) mass is 300 g/mol. The number of hydrogen-bond acceptors (Lipinski definition) is 4. The van der Waals surface area contributed by atoms with E-state index in [4.69, 9.17) is 0 Å². The molecule has 1 heterocycles. The number of hydrogen-bond donors (Lipinski definition) is 1. The van der Waals surface area contributed by atoms with Gasteiger partial charge in [-0.2, -0.15) is 4.39 Å². The number of likely N-dealkylation sites (tertiary alicyclic amines) is 1. The number of carbonyl (C=O) groups is 1. The molecule has 1 aliphatic rings. The minimum absolute atomic E-state index is 0.138. The van der Waals surface area contributed by atoms with E-state index in [2.05, 4.69) is 0 Å². The molecule has 1 saturated heterocycles. The van der Waals surface area contributed by atoms with Gasteiger partial charge in [-0.15, -0.1) is 0 Å². The first kappa shape index (κ1) is 15.3. The molecule has 1 fully saturated rings. The SMILES string of the molecule is CC(O)C1CCN(C(=O)c2cc(F)cc([N+](=O)[O-])c2F)C1. The Morgan fingerprint density at radius 1 is 1.52 bits per heavy atom. The Bertz CT molecular complexity index is 592. The van der Waals surface area contributed by atoms with Gasteiger partial charge in [0.05, 0.1) is 22.7 Å². The van der Waals surface area contributed by atoms with Crippen molar-refractivity contribution in [3.05, 3.63) is 39.4 Å². The Hall–Kier alpha value is -2.09. The summed E-state index contributed by atoms with van der Waals surface area (Å²) in [6.07, 6.45) is -0.0721. The van der Waals surface area contributed by atoms with E-state index in [1.807, 2.05) is 0 Å². The summed E-state index contributed by atoms with van der Waals surface area (Å²) in [5, 5.41) is 20.1. The lowest BCUT2D eigenvalue weighted by atomic mass is 10.0. The van der Waals surface area contributed by atoms with Crippen LogP contribution in [0.25, 0.3) is 0 Å². The average Bonchev–Trinajstić information content (AvgIpc) is 2.89. The molecule has 1 aromatic carbocycles. The van der Waals surface area contributed by atoms with E-state index in [1.54, 1.807) is 6.92 Å². The zero-order valence-corrected chi connectivity index (χ0v) is 11.3. The van der Waals surface area contributed by atoms with Crippen LogP contribution in [0.1, 0.15) is 23.7 Å². The third kappa shape index (κ3) is 2.99. The molecule has 1 aliphatic heterocycles. The lowest BCUT2D eigenvalue weighted by molar-refractivity contribution is -0.387. The molecule has 0 saturated carbocycles. The Morgan fingerprint density at radius 3 is 2.71 bits per heavy atom. The fraction of sp³-hybridized carbons (Fsp3) is 0.462. The number of aliphatic hydroxyl groups is 1. The molecule has 0 aliphatic carbocycles. The average molecular weight is 300 g/mol. The zero-order valence-electron chi connectivity index (χ0n) is 11.3. The van der Waals surface area contributed by atoms with Crippen molar-refractivity contribution in [1.29, 1.82) is 0 Å². The van der Waals surface area contributed by atoms with Crippen LogP contribution in [0.2, 0.25) is 0 Å². The zero-order chi connectivity index (χ0) is 15.7. The van der Waals surface area contributed by atoms with Gasteiger partial charge in [-0.25, -0.2) is 4.39 Å². The van der Waals surface area contributed by atoms with Crippen molar-refractivity contribution in [3.63, 3.8) is 0 Å². The molecule has 0 bridgehead atoms. The predicted octanol–water partition coefficient (Wildman–Crippen LogP) is 1.72. The fourth-order valence-corrected chi connectivity index (χ4v) is 2.40. The van der Waals surface area contributed by atoms with Crippen LogP contribution in [0.15, 0.2) is 12.1 Å². The molecule has 114 valence electrons. The molecule has 2 unspecified atom stereocenters. The number of nitrogens with zero attached hydrogens (tertiary/aromatic N) is 2. The van der Waals surface area contributed by atoms with Crippen LogP contribution in [0, 0.1) is 27.7 Å². The number of nitro groups is 1. The molecule has 21 heavy (non-hydrogen) atoms. The minimum Gasteiger partial charge on any atom is -0.393 e. The van der Waals surface area contributed by atoms with Crippen molar-refractivity contribution < 1.29 is 23.6 Å². The highest BCUT2D eigenvalue weighted by Crippen LogP contribution is 2.26. The van der Waals surface area contributed by atoms with E-state index in [-0.39, 0.29) is 19.0 Å². The second-order valence-corrected chi connectivity index (χ2v) is 5.08. The van der Waals surface area contributed by atoms with E-state index >= 15 is 0 Å². The predicted molar refractivity (Wildman–Crippen MR) is 68.7 cm³/mol. The second kappa shape index (κ2) is 5.72. The van der Waals surface area contributed by atoms with Gasteiger partial charge in [0.15, 0.2) is 0 Å². The Morgan fingerprint density at radius 2 is 2.19 bits per heavy atom. The van der Waals surface area contributed by atoms with Crippen molar-refractivity contribution in [2.45, 2.75) is 19.4 Å². The molecular weight excluding hydrogens is 286 g/mol.